The Morgan fingerprint density at radius 3 is 2.56 bits per heavy atom. The highest BCUT2D eigenvalue weighted by Crippen LogP contribution is 2.40. The highest BCUT2D eigenvalue weighted by molar-refractivity contribution is 5.38. The second-order valence-electron chi connectivity index (χ2n) is 4.97. The maximum absolute atomic E-state index is 13.9. The summed E-state index contributed by atoms with van der Waals surface area (Å²) in [5.74, 6) is -2.68. The van der Waals surface area contributed by atoms with Crippen LogP contribution in [-0.2, 0) is 0 Å². The van der Waals surface area contributed by atoms with E-state index < -0.39 is 17.5 Å². The lowest BCUT2D eigenvalue weighted by atomic mass is 9.80. The molecule has 0 radical (unpaired) electrons. The average Bonchev–Trinajstić information content (AvgIpc) is 2.34. The molecule has 0 saturated carbocycles. The third-order valence-corrected chi connectivity index (χ3v) is 3.62. The van der Waals surface area contributed by atoms with Crippen molar-refractivity contribution in [2.24, 2.45) is 0 Å². The van der Waals surface area contributed by atoms with Crippen LogP contribution >= 0.6 is 0 Å². The summed E-state index contributed by atoms with van der Waals surface area (Å²) in [5, 5.41) is 3.17. The molecule has 1 aromatic rings. The van der Waals surface area contributed by atoms with Gasteiger partial charge in [0, 0.05) is 17.7 Å². The summed E-state index contributed by atoms with van der Waals surface area (Å²) in [5.41, 5.74) is 0.536. The van der Waals surface area contributed by atoms with E-state index in [1.807, 2.05) is 13.8 Å². The molecule has 0 spiro atoms. The van der Waals surface area contributed by atoms with Crippen molar-refractivity contribution in [1.29, 1.82) is 0 Å². The Morgan fingerprint density at radius 1 is 1.17 bits per heavy atom. The highest BCUT2D eigenvalue weighted by atomic mass is 19.2. The minimum absolute atomic E-state index is 0.0604. The average molecular weight is 257 g/mol. The lowest BCUT2D eigenvalue weighted by Gasteiger charge is -2.31. The molecule has 0 aliphatic heterocycles. The molecule has 4 heteroatoms. The zero-order valence-corrected chi connectivity index (χ0v) is 10.7. The highest BCUT2D eigenvalue weighted by Gasteiger charge is 2.31. The van der Waals surface area contributed by atoms with Gasteiger partial charge in [-0.15, -0.1) is 0 Å². The van der Waals surface area contributed by atoms with Crippen molar-refractivity contribution >= 4 is 0 Å². The Morgan fingerprint density at radius 2 is 1.89 bits per heavy atom. The molecule has 18 heavy (non-hydrogen) atoms. The number of rotatable bonds is 3. The summed E-state index contributed by atoms with van der Waals surface area (Å²) in [6.07, 6.45) is 2.41. The zero-order chi connectivity index (χ0) is 13.3. The van der Waals surface area contributed by atoms with Crippen LogP contribution in [0.1, 0.15) is 56.2 Å². The third kappa shape index (κ3) is 2.26. The van der Waals surface area contributed by atoms with Gasteiger partial charge in [0.1, 0.15) is 5.82 Å². The summed E-state index contributed by atoms with van der Waals surface area (Å²) in [7, 11) is 0. The van der Waals surface area contributed by atoms with E-state index in [0.29, 0.717) is 18.1 Å². The van der Waals surface area contributed by atoms with Gasteiger partial charge in [-0.3, -0.25) is 0 Å². The summed E-state index contributed by atoms with van der Waals surface area (Å²) in [4.78, 5) is 0. The van der Waals surface area contributed by atoms with Crippen LogP contribution in [0.2, 0.25) is 0 Å². The standard InChI is InChI=1S/C14H18F3N/c1-3-6-18-11-5-4-8(2)12-9(15)7-10(16)14(17)13(11)12/h7-8,11,18H,3-6H2,1-2H3. The van der Waals surface area contributed by atoms with Gasteiger partial charge in [-0.05, 0) is 37.3 Å². The number of hydrogen-bond acceptors (Lipinski definition) is 1. The molecule has 0 saturated heterocycles. The van der Waals surface area contributed by atoms with Crippen molar-refractivity contribution < 1.29 is 13.2 Å². The van der Waals surface area contributed by atoms with Crippen molar-refractivity contribution in [3.8, 4) is 0 Å². The summed E-state index contributed by atoms with van der Waals surface area (Å²) in [6.45, 7) is 4.58. The molecule has 0 heterocycles. The molecule has 0 fully saturated rings. The molecular weight excluding hydrogens is 239 g/mol. The van der Waals surface area contributed by atoms with E-state index in [1.54, 1.807) is 0 Å². The first-order chi connectivity index (χ1) is 8.56. The largest absolute Gasteiger partial charge is 0.310 e. The van der Waals surface area contributed by atoms with Crippen molar-refractivity contribution in [2.75, 3.05) is 6.54 Å². The van der Waals surface area contributed by atoms with Gasteiger partial charge in [0.15, 0.2) is 11.6 Å². The van der Waals surface area contributed by atoms with Crippen LogP contribution in [0.3, 0.4) is 0 Å². The number of nitrogens with one attached hydrogen (secondary N) is 1. The second kappa shape index (κ2) is 5.31. The predicted octanol–water partition coefficient (Wildman–Crippen LogP) is 4.04. The minimum Gasteiger partial charge on any atom is -0.310 e. The fourth-order valence-corrected chi connectivity index (χ4v) is 2.70. The monoisotopic (exact) mass is 257 g/mol. The normalized spacial score (nSPS) is 22.9. The van der Waals surface area contributed by atoms with Gasteiger partial charge in [0.25, 0.3) is 0 Å². The van der Waals surface area contributed by atoms with Gasteiger partial charge in [-0.1, -0.05) is 13.8 Å². The first-order valence-corrected chi connectivity index (χ1v) is 6.46. The third-order valence-electron chi connectivity index (χ3n) is 3.62. The maximum atomic E-state index is 13.9. The van der Waals surface area contributed by atoms with Gasteiger partial charge in [0.2, 0.25) is 0 Å². The molecule has 1 aliphatic rings. The fraction of sp³-hybridized carbons (Fsp3) is 0.571. The van der Waals surface area contributed by atoms with Crippen molar-refractivity contribution in [3.63, 3.8) is 0 Å². The van der Waals surface area contributed by atoms with Gasteiger partial charge in [0.05, 0.1) is 0 Å². The first kappa shape index (κ1) is 13.4. The summed E-state index contributed by atoms with van der Waals surface area (Å²) < 4.78 is 41.1. The lowest BCUT2D eigenvalue weighted by Crippen LogP contribution is -2.29. The van der Waals surface area contributed by atoms with Gasteiger partial charge in [-0.2, -0.15) is 0 Å². The number of fused-ring (bicyclic) bond motifs is 1. The molecular formula is C14H18F3N. The van der Waals surface area contributed by atoms with E-state index in [-0.39, 0.29) is 17.5 Å². The molecule has 0 bridgehead atoms. The Bertz CT molecular complexity index is 445. The van der Waals surface area contributed by atoms with Crippen molar-refractivity contribution in [3.05, 3.63) is 34.6 Å². The second-order valence-corrected chi connectivity index (χ2v) is 4.97. The molecule has 1 aromatic carbocycles. The van der Waals surface area contributed by atoms with Gasteiger partial charge < -0.3 is 5.32 Å². The summed E-state index contributed by atoms with van der Waals surface area (Å²) in [6, 6.07) is 0.383. The van der Waals surface area contributed by atoms with Crippen LogP contribution in [0.15, 0.2) is 6.07 Å². The molecule has 0 amide bonds. The minimum atomic E-state index is -1.09. The van der Waals surface area contributed by atoms with Crippen LogP contribution in [0.5, 0.6) is 0 Å². The van der Waals surface area contributed by atoms with E-state index in [1.165, 1.54) is 0 Å². The van der Waals surface area contributed by atoms with Gasteiger partial charge >= 0.3 is 0 Å². The maximum Gasteiger partial charge on any atom is 0.164 e. The van der Waals surface area contributed by atoms with Crippen molar-refractivity contribution in [2.45, 2.75) is 45.1 Å². The van der Waals surface area contributed by atoms with Gasteiger partial charge in [-0.25, -0.2) is 13.2 Å². The van der Waals surface area contributed by atoms with Crippen LogP contribution in [-0.4, -0.2) is 6.54 Å². The SMILES string of the molecule is CCCNC1CCC(C)c2c(F)cc(F)c(F)c21. The smallest absolute Gasteiger partial charge is 0.164 e. The zero-order valence-electron chi connectivity index (χ0n) is 10.7. The molecule has 2 rings (SSSR count). The number of halogens is 3. The Kier molecular flexibility index (Phi) is 3.95. The van der Waals surface area contributed by atoms with Crippen molar-refractivity contribution in [1.82, 2.24) is 5.32 Å². The number of benzene rings is 1. The summed E-state index contributed by atoms with van der Waals surface area (Å²) >= 11 is 0. The molecule has 2 atom stereocenters. The Labute approximate surface area is 105 Å². The van der Waals surface area contributed by atoms with Crippen LogP contribution < -0.4 is 5.32 Å². The molecule has 100 valence electrons. The lowest BCUT2D eigenvalue weighted by molar-refractivity contribution is 0.384. The molecule has 2 unspecified atom stereocenters. The first-order valence-electron chi connectivity index (χ1n) is 6.46. The van der Waals surface area contributed by atoms with E-state index in [4.69, 9.17) is 0 Å². The molecule has 1 nitrogen and oxygen atoms in total. The topological polar surface area (TPSA) is 12.0 Å². The molecule has 0 aromatic heterocycles. The number of hydrogen-bond donors (Lipinski definition) is 1. The molecule has 1 aliphatic carbocycles. The van der Waals surface area contributed by atoms with Crippen LogP contribution in [0.25, 0.3) is 0 Å². The van der Waals surface area contributed by atoms with E-state index in [9.17, 15) is 13.2 Å². The van der Waals surface area contributed by atoms with E-state index >= 15 is 0 Å². The van der Waals surface area contributed by atoms with Crippen LogP contribution in [0, 0.1) is 17.5 Å². The fourth-order valence-electron chi connectivity index (χ4n) is 2.70. The van der Waals surface area contributed by atoms with E-state index in [0.717, 1.165) is 19.4 Å². The van der Waals surface area contributed by atoms with E-state index in [2.05, 4.69) is 5.32 Å². The predicted molar refractivity (Wildman–Crippen MR) is 65.0 cm³/mol. The van der Waals surface area contributed by atoms with Crippen LogP contribution in [0.4, 0.5) is 13.2 Å². The Balaban J connectivity index is 2.48. The quantitative estimate of drug-likeness (QED) is 0.806. The molecule has 1 N–H and O–H groups in total. The Hall–Kier alpha value is -1.03.